The highest BCUT2D eigenvalue weighted by Crippen LogP contribution is 2.43. The van der Waals surface area contributed by atoms with Gasteiger partial charge in [0.15, 0.2) is 0 Å². The molecule has 0 bridgehead atoms. The number of ether oxygens (including phenoxy) is 2. The third-order valence-electron chi connectivity index (χ3n) is 9.47. The fourth-order valence-corrected chi connectivity index (χ4v) is 7.52. The minimum Gasteiger partial charge on any atom is -0.508 e. The van der Waals surface area contributed by atoms with Crippen molar-refractivity contribution in [2.45, 2.75) is 63.4 Å². The molecule has 1 unspecified atom stereocenters. The number of nitrogens with zero attached hydrogens (tertiary/aromatic N) is 5. The minimum atomic E-state index is -1.20. The lowest BCUT2D eigenvalue weighted by Crippen LogP contribution is -2.44. The second-order valence-electron chi connectivity index (χ2n) is 12.8. The van der Waals surface area contributed by atoms with Gasteiger partial charge in [0, 0.05) is 31.0 Å². The zero-order chi connectivity index (χ0) is 30.8. The van der Waals surface area contributed by atoms with E-state index < -0.39 is 23.2 Å². The van der Waals surface area contributed by atoms with Gasteiger partial charge in [-0.2, -0.15) is 9.97 Å². The lowest BCUT2D eigenvalue weighted by molar-refractivity contribution is -0.0123. The van der Waals surface area contributed by atoms with E-state index in [4.69, 9.17) is 14.5 Å². The van der Waals surface area contributed by atoms with Gasteiger partial charge in [-0.05, 0) is 55.8 Å². The Labute approximate surface area is 254 Å². The number of hydrogen-bond acceptors (Lipinski definition) is 9. The van der Waals surface area contributed by atoms with Gasteiger partial charge in [-0.3, -0.25) is 9.69 Å². The smallest absolute Gasteiger partial charge is 0.318 e. The van der Waals surface area contributed by atoms with Crippen molar-refractivity contribution in [3.63, 3.8) is 0 Å². The van der Waals surface area contributed by atoms with Gasteiger partial charge in [0.1, 0.15) is 41.3 Å². The number of aromatic nitrogens is 2. The predicted octanol–water partition coefficient (Wildman–Crippen LogP) is 3.74. The summed E-state index contributed by atoms with van der Waals surface area (Å²) in [5, 5.41) is 22.7. The SMILES string of the molecule is CCc1c(F)ccc2cc(O)cc(N3Cc4nc(OC[C@@]56CCCN5C[C@H](F)C6)nc(N5CCOCC(C)(O)C5)c4C3=O)c12. The van der Waals surface area contributed by atoms with Crippen molar-refractivity contribution in [3.8, 4) is 11.8 Å². The summed E-state index contributed by atoms with van der Waals surface area (Å²) < 4.78 is 41.3. The van der Waals surface area contributed by atoms with Crippen LogP contribution in [0.3, 0.4) is 0 Å². The molecule has 3 atom stereocenters. The van der Waals surface area contributed by atoms with E-state index in [1.807, 2.05) is 11.8 Å². The summed E-state index contributed by atoms with van der Waals surface area (Å²) in [5.41, 5.74) is -0.118. The molecule has 1 amide bonds. The molecule has 10 nitrogen and oxygen atoms in total. The van der Waals surface area contributed by atoms with Gasteiger partial charge in [0.05, 0.1) is 43.2 Å². The lowest BCUT2D eigenvalue weighted by atomic mass is 9.95. The van der Waals surface area contributed by atoms with Crippen LogP contribution in [0.2, 0.25) is 0 Å². The number of alkyl halides is 1. The Bertz CT molecular complexity index is 1640. The maximum atomic E-state index is 15.0. The van der Waals surface area contributed by atoms with E-state index in [9.17, 15) is 23.8 Å². The van der Waals surface area contributed by atoms with Crippen LogP contribution in [-0.4, -0.2) is 94.3 Å². The van der Waals surface area contributed by atoms with Crippen LogP contribution in [-0.2, 0) is 17.7 Å². The number of aliphatic hydroxyl groups is 1. The maximum absolute atomic E-state index is 15.0. The molecular formula is C32H37F2N5O5. The van der Waals surface area contributed by atoms with Crippen LogP contribution >= 0.6 is 0 Å². The van der Waals surface area contributed by atoms with Crippen LogP contribution in [0.25, 0.3) is 10.8 Å². The van der Waals surface area contributed by atoms with E-state index in [1.54, 1.807) is 19.1 Å². The number of amides is 1. The van der Waals surface area contributed by atoms with Gasteiger partial charge in [-0.25, -0.2) is 8.78 Å². The van der Waals surface area contributed by atoms with Gasteiger partial charge >= 0.3 is 6.01 Å². The molecule has 2 aromatic carbocycles. The number of phenolic OH excluding ortho intramolecular Hbond substituents is 1. The Morgan fingerprint density at radius 1 is 1.23 bits per heavy atom. The average Bonchev–Trinajstić information content (AvgIpc) is 3.57. The second kappa shape index (κ2) is 10.8. The number of halogens is 2. The first-order valence-electron chi connectivity index (χ1n) is 15.3. The number of fused-ring (bicyclic) bond motifs is 3. The van der Waals surface area contributed by atoms with Gasteiger partial charge in [-0.1, -0.05) is 13.0 Å². The van der Waals surface area contributed by atoms with Gasteiger partial charge < -0.3 is 29.5 Å². The first kappa shape index (κ1) is 29.1. The summed E-state index contributed by atoms with van der Waals surface area (Å²) in [7, 11) is 0. The van der Waals surface area contributed by atoms with Crippen molar-refractivity contribution >= 4 is 28.2 Å². The van der Waals surface area contributed by atoms with E-state index in [0.717, 1.165) is 19.4 Å². The highest BCUT2D eigenvalue weighted by molar-refractivity contribution is 6.16. The summed E-state index contributed by atoms with van der Waals surface area (Å²) in [6.07, 6.45) is 1.67. The standard InChI is InChI=1S/C32H37F2N5O5/c1-3-22-23(34)6-5-19-11-21(40)12-25(26(19)22)39-15-24-27(29(39)41)28(37-9-10-43-17-31(2,42)16-37)36-30(35-24)44-18-32-7-4-8-38(32)14-20(33)13-32/h5-6,11-12,20,40,42H,3-4,7-10,13-18H2,1-2H3/t20-,31?,32+/m1/s1. The molecule has 3 fully saturated rings. The molecule has 7 rings (SSSR count). The normalized spacial score (nSPS) is 27.2. The van der Waals surface area contributed by atoms with Crippen molar-refractivity contribution in [1.29, 1.82) is 0 Å². The molecule has 4 aliphatic heterocycles. The van der Waals surface area contributed by atoms with Crippen LogP contribution < -0.4 is 14.5 Å². The minimum absolute atomic E-state index is 0.0445. The summed E-state index contributed by atoms with van der Waals surface area (Å²) in [4.78, 5) is 29.1. The third-order valence-corrected chi connectivity index (χ3v) is 9.47. The number of benzene rings is 2. The van der Waals surface area contributed by atoms with Crippen LogP contribution in [0, 0.1) is 5.82 Å². The molecule has 44 heavy (non-hydrogen) atoms. The zero-order valence-electron chi connectivity index (χ0n) is 25.0. The summed E-state index contributed by atoms with van der Waals surface area (Å²) in [6, 6.07) is 6.06. The fraction of sp³-hybridized carbons (Fsp3) is 0.531. The van der Waals surface area contributed by atoms with Crippen molar-refractivity contribution in [2.24, 2.45) is 0 Å². The number of aromatic hydroxyl groups is 1. The largest absolute Gasteiger partial charge is 0.508 e. The number of anilines is 2. The number of β-amino-alcohol motifs (C(OH)–C–C–N with tert-alkyl or cyclic N) is 1. The molecule has 5 heterocycles. The van der Waals surface area contributed by atoms with Gasteiger partial charge in [0.2, 0.25) is 0 Å². The van der Waals surface area contributed by atoms with Crippen molar-refractivity contribution in [3.05, 3.63) is 46.9 Å². The molecule has 3 aromatic rings. The Balaban J connectivity index is 1.31. The zero-order valence-corrected chi connectivity index (χ0v) is 25.0. The van der Waals surface area contributed by atoms with Crippen LogP contribution in [0.5, 0.6) is 11.8 Å². The Morgan fingerprint density at radius 3 is 2.89 bits per heavy atom. The van der Waals surface area contributed by atoms with Crippen LogP contribution in [0.15, 0.2) is 24.3 Å². The van der Waals surface area contributed by atoms with Gasteiger partial charge in [0.25, 0.3) is 5.91 Å². The number of carbonyl (C=O) groups is 1. The van der Waals surface area contributed by atoms with E-state index in [2.05, 4.69) is 9.88 Å². The predicted molar refractivity (Wildman–Crippen MR) is 160 cm³/mol. The highest BCUT2D eigenvalue weighted by Gasteiger charge is 2.49. The molecule has 3 saturated heterocycles. The number of phenols is 1. The topological polar surface area (TPSA) is 111 Å². The Kier molecular flexibility index (Phi) is 7.13. The number of carbonyl (C=O) groups excluding carboxylic acids is 1. The van der Waals surface area contributed by atoms with Crippen LogP contribution in [0.4, 0.5) is 20.3 Å². The number of rotatable bonds is 6. The summed E-state index contributed by atoms with van der Waals surface area (Å²) >= 11 is 0. The van der Waals surface area contributed by atoms with Gasteiger partial charge in [-0.15, -0.1) is 0 Å². The first-order chi connectivity index (χ1) is 21.1. The summed E-state index contributed by atoms with van der Waals surface area (Å²) in [5.74, 6) is -0.530. The third kappa shape index (κ3) is 4.93. The van der Waals surface area contributed by atoms with E-state index in [-0.39, 0.29) is 49.4 Å². The lowest BCUT2D eigenvalue weighted by Gasteiger charge is -2.31. The monoisotopic (exact) mass is 609 g/mol. The molecular weight excluding hydrogens is 572 g/mol. The summed E-state index contributed by atoms with van der Waals surface area (Å²) in [6.45, 7) is 5.96. The molecule has 234 valence electrons. The highest BCUT2D eigenvalue weighted by atomic mass is 19.1. The number of aryl methyl sites for hydroxylation is 1. The maximum Gasteiger partial charge on any atom is 0.318 e. The second-order valence-corrected chi connectivity index (χ2v) is 12.8. The molecule has 0 spiro atoms. The molecule has 2 N–H and O–H groups in total. The van der Waals surface area contributed by atoms with Crippen molar-refractivity contribution in [1.82, 2.24) is 14.9 Å². The number of hydrogen-bond donors (Lipinski definition) is 2. The fourth-order valence-electron chi connectivity index (χ4n) is 7.52. The van der Waals surface area contributed by atoms with Crippen molar-refractivity contribution < 1.29 is 33.3 Å². The van der Waals surface area contributed by atoms with Crippen molar-refractivity contribution in [2.75, 3.05) is 55.8 Å². The molecule has 0 radical (unpaired) electrons. The molecule has 4 aliphatic rings. The van der Waals surface area contributed by atoms with E-state index in [0.29, 0.717) is 66.1 Å². The molecule has 12 heteroatoms. The van der Waals surface area contributed by atoms with E-state index >= 15 is 0 Å². The quantitative estimate of drug-likeness (QED) is 0.432. The van der Waals surface area contributed by atoms with Crippen LogP contribution in [0.1, 0.15) is 54.7 Å². The Hall–Kier alpha value is -3.61. The Morgan fingerprint density at radius 2 is 2.07 bits per heavy atom. The van der Waals surface area contributed by atoms with E-state index in [1.165, 1.54) is 17.0 Å². The molecule has 1 aromatic heterocycles. The first-order valence-corrected chi connectivity index (χ1v) is 15.3. The molecule has 0 aliphatic carbocycles. The average molecular weight is 610 g/mol. The molecule has 0 saturated carbocycles.